The molecule has 1 fully saturated rings. The number of nitrogens with two attached hydrogens (primary N) is 1. The van der Waals surface area contributed by atoms with Gasteiger partial charge in [0.1, 0.15) is 0 Å². The van der Waals surface area contributed by atoms with Gasteiger partial charge in [-0.15, -0.1) is 11.3 Å². The van der Waals surface area contributed by atoms with Gasteiger partial charge in [0, 0.05) is 23.3 Å². The first-order valence-corrected chi connectivity index (χ1v) is 7.07. The Kier molecular flexibility index (Phi) is 3.11. The molecule has 1 aliphatic heterocycles. The number of benzene rings is 1. The number of fused-ring (bicyclic) bond motifs is 1. The second kappa shape index (κ2) is 4.63. The monoisotopic (exact) mass is 263 g/mol. The standard InChI is InChI=1S/C14H17NO2S/c15-8-14(5-6-17-9-14)13(16)11-7-18-12-4-2-1-3-10(11)12/h1-4,7,13,16H,5-6,8-9,15H2. The van der Waals surface area contributed by atoms with Crippen LogP contribution in [0.3, 0.4) is 0 Å². The summed E-state index contributed by atoms with van der Waals surface area (Å²) in [5, 5.41) is 13.9. The molecule has 0 bridgehead atoms. The highest BCUT2D eigenvalue weighted by Crippen LogP contribution is 2.43. The van der Waals surface area contributed by atoms with Crippen molar-refractivity contribution in [1.82, 2.24) is 0 Å². The third kappa shape index (κ3) is 1.77. The Morgan fingerprint density at radius 3 is 3.00 bits per heavy atom. The average molecular weight is 263 g/mol. The van der Waals surface area contributed by atoms with Gasteiger partial charge < -0.3 is 15.6 Å². The van der Waals surface area contributed by atoms with Crippen LogP contribution in [0.2, 0.25) is 0 Å². The summed E-state index contributed by atoms with van der Waals surface area (Å²) in [7, 11) is 0. The maximum Gasteiger partial charge on any atom is 0.0895 e. The molecular weight excluding hydrogens is 246 g/mol. The van der Waals surface area contributed by atoms with Crippen LogP contribution in [-0.2, 0) is 4.74 Å². The summed E-state index contributed by atoms with van der Waals surface area (Å²) in [6.07, 6.45) is 0.288. The fraction of sp³-hybridized carbons (Fsp3) is 0.429. The first-order valence-electron chi connectivity index (χ1n) is 6.19. The van der Waals surface area contributed by atoms with Crippen molar-refractivity contribution in [2.75, 3.05) is 19.8 Å². The minimum Gasteiger partial charge on any atom is -0.388 e. The van der Waals surface area contributed by atoms with Crippen LogP contribution in [0.25, 0.3) is 10.1 Å². The van der Waals surface area contributed by atoms with Crippen molar-refractivity contribution in [3.63, 3.8) is 0 Å². The van der Waals surface area contributed by atoms with Crippen molar-refractivity contribution in [3.05, 3.63) is 35.2 Å². The van der Waals surface area contributed by atoms with E-state index >= 15 is 0 Å². The SMILES string of the molecule is NCC1(C(O)c2csc3ccccc23)CCOC1. The van der Waals surface area contributed by atoms with E-state index in [4.69, 9.17) is 10.5 Å². The van der Waals surface area contributed by atoms with Gasteiger partial charge in [0.25, 0.3) is 0 Å². The molecule has 1 saturated heterocycles. The molecule has 2 unspecified atom stereocenters. The zero-order valence-electron chi connectivity index (χ0n) is 10.1. The van der Waals surface area contributed by atoms with E-state index in [1.54, 1.807) is 11.3 Å². The molecular formula is C14H17NO2S. The van der Waals surface area contributed by atoms with E-state index in [9.17, 15) is 5.11 Å². The molecule has 1 aromatic heterocycles. The second-order valence-electron chi connectivity index (χ2n) is 4.96. The minimum absolute atomic E-state index is 0.316. The lowest BCUT2D eigenvalue weighted by Crippen LogP contribution is -2.37. The highest BCUT2D eigenvalue weighted by atomic mass is 32.1. The summed E-state index contributed by atoms with van der Waals surface area (Å²) in [4.78, 5) is 0. The van der Waals surface area contributed by atoms with E-state index in [-0.39, 0.29) is 5.41 Å². The number of thiophene rings is 1. The second-order valence-corrected chi connectivity index (χ2v) is 5.87. The summed E-state index contributed by atoms with van der Waals surface area (Å²) >= 11 is 1.67. The van der Waals surface area contributed by atoms with E-state index in [2.05, 4.69) is 12.1 Å². The summed E-state index contributed by atoms with van der Waals surface area (Å²) < 4.78 is 6.65. The van der Waals surface area contributed by atoms with E-state index in [1.165, 1.54) is 4.70 Å². The molecule has 3 nitrogen and oxygen atoms in total. The molecule has 0 radical (unpaired) electrons. The Bertz CT molecular complexity index is 545. The fourth-order valence-corrected chi connectivity index (χ4v) is 3.63. The molecule has 0 spiro atoms. The van der Waals surface area contributed by atoms with E-state index in [1.807, 2.05) is 17.5 Å². The maximum absolute atomic E-state index is 10.7. The first kappa shape index (κ1) is 12.1. The van der Waals surface area contributed by atoms with Crippen LogP contribution in [-0.4, -0.2) is 24.9 Å². The Morgan fingerprint density at radius 2 is 2.28 bits per heavy atom. The van der Waals surface area contributed by atoms with Gasteiger partial charge in [0.05, 0.1) is 12.7 Å². The summed E-state index contributed by atoms with van der Waals surface area (Å²) in [6, 6.07) is 8.17. The van der Waals surface area contributed by atoms with Crippen molar-refractivity contribution < 1.29 is 9.84 Å². The third-order valence-electron chi connectivity index (χ3n) is 3.93. The van der Waals surface area contributed by atoms with Crippen molar-refractivity contribution in [1.29, 1.82) is 0 Å². The van der Waals surface area contributed by atoms with Gasteiger partial charge in [-0.25, -0.2) is 0 Å². The van der Waals surface area contributed by atoms with E-state index in [0.29, 0.717) is 19.8 Å². The smallest absolute Gasteiger partial charge is 0.0895 e. The zero-order valence-corrected chi connectivity index (χ0v) is 11.0. The van der Waals surface area contributed by atoms with Crippen LogP contribution < -0.4 is 5.73 Å². The molecule has 18 heavy (non-hydrogen) atoms. The Balaban J connectivity index is 2.03. The number of aliphatic hydroxyl groups excluding tert-OH is 1. The summed E-state index contributed by atoms with van der Waals surface area (Å²) in [6.45, 7) is 1.70. The molecule has 3 N–H and O–H groups in total. The number of ether oxygens (including phenoxy) is 1. The zero-order chi connectivity index (χ0) is 12.6. The molecule has 3 rings (SSSR count). The largest absolute Gasteiger partial charge is 0.388 e. The van der Waals surface area contributed by atoms with Gasteiger partial charge in [0.2, 0.25) is 0 Å². The molecule has 0 aliphatic carbocycles. The van der Waals surface area contributed by atoms with E-state index in [0.717, 1.165) is 17.4 Å². The van der Waals surface area contributed by atoms with Gasteiger partial charge >= 0.3 is 0 Å². The quantitative estimate of drug-likeness (QED) is 0.893. The van der Waals surface area contributed by atoms with E-state index < -0.39 is 6.10 Å². The van der Waals surface area contributed by atoms with Crippen molar-refractivity contribution >= 4 is 21.4 Å². The highest BCUT2D eigenvalue weighted by Gasteiger charge is 2.42. The van der Waals surface area contributed by atoms with Gasteiger partial charge in [-0.3, -0.25) is 0 Å². The van der Waals surface area contributed by atoms with Crippen molar-refractivity contribution in [2.24, 2.45) is 11.1 Å². The maximum atomic E-state index is 10.7. The van der Waals surface area contributed by atoms with Crippen LogP contribution in [0.5, 0.6) is 0 Å². The molecule has 0 amide bonds. The first-order chi connectivity index (χ1) is 8.77. The molecule has 4 heteroatoms. The number of hydrogen-bond acceptors (Lipinski definition) is 4. The summed E-state index contributed by atoms with van der Waals surface area (Å²) in [5.74, 6) is 0. The van der Waals surface area contributed by atoms with Gasteiger partial charge in [-0.1, -0.05) is 18.2 Å². The topological polar surface area (TPSA) is 55.5 Å². The van der Waals surface area contributed by atoms with Gasteiger partial charge in [-0.2, -0.15) is 0 Å². The molecule has 0 saturated carbocycles. The number of hydrogen-bond donors (Lipinski definition) is 2. The van der Waals surface area contributed by atoms with Crippen LogP contribution in [0.15, 0.2) is 29.6 Å². The third-order valence-corrected chi connectivity index (χ3v) is 4.91. The van der Waals surface area contributed by atoms with Crippen LogP contribution in [0.1, 0.15) is 18.1 Å². The number of aliphatic hydroxyl groups is 1. The average Bonchev–Trinajstić information content (AvgIpc) is 3.05. The van der Waals surface area contributed by atoms with Crippen LogP contribution >= 0.6 is 11.3 Å². The Hall–Kier alpha value is -0.940. The highest BCUT2D eigenvalue weighted by molar-refractivity contribution is 7.17. The predicted molar refractivity (Wildman–Crippen MR) is 73.7 cm³/mol. The Morgan fingerprint density at radius 1 is 1.44 bits per heavy atom. The predicted octanol–water partition coefficient (Wildman–Crippen LogP) is 2.30. The lowest BCUT2D eigenvalue weighted by atomic mass is 9.78. The van der Waals surface area contributed by atoms with Gasteiger partial charge in [-0.05, 0) is 28.8 Å². The summed E-state index contributed by atoms with van der Waals surface area (Å²) in [5.41, 5.74) is 6.56. The minimum atomic E-state index is -0.541. The normalized spacial score (nSPS) is 25.7. The van der Waals surface area contributed by atoms with Crippen molar-refractivity contribution in [2.45, 2.75) is 12.5 Å². The lowest BCUT2D eigenvalue weighted by Gasteiger charge is -2.31. The van der Waals surface area contributed by atoms with Crippen molar-refractivity contribution in [3.8, 4) is 0 Å². The lowest BCUT2D eigenvalue weighted by molar-refractivity contribution is 0.0203. The number of rotatable bonds is 3. The molecule has 1 aromatic carbocycles. The van der Waals surface area contributed by atoms with Crippen LogP contribution in [0.4, 0.5) is 0 Å². The molecule has 2 heterocycles. The fourth-order valence-electron chi connectivity index (χ4n) is 2.65. The molecule has 2 atom stereocenters. The molecule has 96 valence electrons. The Labute approximate surface area is 110 Å². The molecule has 2 aromatic rings. The van der Waals surface area contributed by atoms with Crippen LogP contribution in [0, 0.1) is 5.41 Å². The van der Waals surface area contributed by atoms with Gasteiger partial charge in [0.15, 0.2) is 0 Å². The molecule has 1 aliphatic rings.